The van der Waals surface area contributed by atoms with Crippen LogP contribution in [0.25, 0.3) is 22.0 Å². The summed E-state index contributed by atoms with van der Waals surface area (Å²) >= 11 is 0. The Morgan fingerprint density at radius 1 is 0.900 bits per heavy atom. The topological polar surface area (TPSA) is 63.1 Å². The van der Waals surface area contributed by atoms with Gasteiger partial charge in [-0.15, -0.1) is 0 Å². The number of aromatic nitrogens is 3. The summed E-state index contributed by atoms with van der Waals surface area (Å²) < 4.78 is 0. The lowest BCUT2D eigenvalue weighted by molar-refractivity contribution is 0.691. The third-order valence-corrected chi connectivity index (χ3v) is 5.26. The normalized spacial score (nSPS) is 15.7. The summed E-state index contributed by atoms with van der Waals surface area (Å²) in [5.74, 6) is 1.18. The number of nitrogens with zero attached hydrogens (tertiary/aromatic N) is 4. The molecule has 0 amide bonds. The van der Waals surface area contributed by atoms with Gasteiger partial charge in [-0.3, -0.25) is 9.98 Å². The van der Waals surface area contributed by atoms with Crippen molar-refractivity contribution >= 4 is 22.4 Å². The Labute approximate surface area is 175 Å². The molecule has 3 heterocycles. The van der Waals surface area contributed by atoms with E-state index in [9.17, 15) is 0 Å². The number of dihydropyridines is 1. The highest BCUT2D eigenvalue weighted by Crippen LogP contribution is 2.26. The number of hydrogen-bond donors (Lipinski definition) is 1. The van der Waals surface area contributed by atoms with Gasteiger partial charge in [0.1, 0.15) is 12.1 Å². The van der Waals surface area contributed by atoms with Gasteiger partial charge < -0.3 is 5.32 Å². The molecular weight excluding hydrogens is 370 g/mol. The van der Waals surface area contributed by atoms with E-state index in [0.717, 1.165) is 46.6 Å². The average molecular weight is 391 g/mol. The third kappa shape index (κ3) is 3.82. The van der Waals surface area contributed by atoms with Crippen LogP contribution >= 0.6 is 0 Å². The molecule has 4 aromatic rings. The summed E-state index contributed by atoms with van der Waals surface area (Å²) in [5.41, 5.74) is 5.31. The van der Waals surface area contributed by atoms with E-state index in [1.807, 2.05) is 36.5 Å². The summed E-state index contributed by atoms with van der Waals surface area (Å²) in [6, 6.07) is 20.6. The van der Waals surface area contributed by atoms with E-state index in [1.54, 1.807) is 12.5 Å². The molecular formula is C25H21N5. The Bertz CT molecular complexity index is 1220. The molecule has 5 nitrogen and oxygen atoms in total. The van der Waals surface area contributed by atoms with E-state index in [4.69, 9.17) is 4.99 Å². The minimum atomic E-state index is 0.319. The van der Waals surface area contributed by atoms with Crippen LogP contribution in [-0.4, -0.2) is 33.8 Å². The van der Waals surface area contributed by atoms with Crippen LogP contribution in [0, 0.1) is 5.92 Å². The largest absolute Gasteiger partial charge is 0.369 e. The zero-order valence-corrected chi connectivity index (χ0v) is 16.4. The van der Waals surface area contributed by atoms with Gasteiger partial charge in [-0.1, -0.05) is 42.5 Å². The van der Waals surface area contributed by atoms with Gasteiger partial charge in [-0.25, -0.2) is 9.97 Å². The first-order valence-corrected chi connectivity index (χ1v) is 10.0. The second-order valence-corrected chi connectivity index (χ2v) is 7.29. The molecule has 0 radical (unpaired) electrons. The van der Waals surface area contributed by atoms with E-state index < -0.39 is 0 Å². The van der Waals surface area contributed by atoms with Gasteiger partial charge in [0.2, 0.25) is 0 Å². The van der Waals surface area contributed by atoms with Gasteiger partial charge in [0, 0.05) is 42.4 Å². The first-order valence-electron chi connectivity index (χ1n) is 10.0. The van der Waals surface area contributed by atoms with E-state index in [2.05, 4.69) is 62.8 Å². The molecule has 0 fully saturated rings. The number of benzene rings is 2. The van der Waals surface area contributed by atoms with Crippen LogP contribution < -0.4 is 5.32 Å². The molecule has 1 aliphatic heterocycles. The zero-order valence-electron chi connectivity index (χ0n) is 16.4. The summed E-state index contributed by atoms with van der Waals surface area (Å²) in [4.78, 5) is 17.8. The second-order valence-electron chi connectivity index (χ2n) is 7.29. The Kier molecular flexibility index (Phi) is 5.00. The molecule has 0 aliphatic carbocycles. The summed E-state index contributed by atoms with van der Waals surface area (Å²) in [6.07, 6.45) is 9.53. The molecule has 2 aromatic carbocycles. The summed E-state index contributed by atoms with van der Waals surface area (Å²) in [6.45, 7) is 1.52. The van der Waals surface area contributed by atoms with Crippen molar-refractivity contribution in [2.75, 3.05) is 18.4 Å². The molecule has 1 N–H and O–H groups in total. The smallest absolute Gasteiger partial charge is 0.137 e. The Morgan fingerprint density at radius 2 is 1.80 bits per heavy atom. The van der Waals surface area contributed by atoms with Gasteiger partial charge in [-0.05, 0) is 41.5 Å². The molecule has 5 rings (SSSR count). The number of fused-ring (bicyclic) bond motifs is 1. The van der Waals surface area contributed by atoms with Crippen molar-refractivity contribution in [2.45, 2.75) is 0 Å². The fourth-order valence-electron chi connectivity index (χ4n) is 3.63. The minimum Gasteiger partial charge on any atom is -0.369 e. The number of nitrogens with one attached hydrogen (secondary N) is 1. The van der Waals surface area contributed by atoms with Crippen LogP contribution in [0.2, 0.25) is 0 Å². The number of hydrogen-bond acceptors (Lipinski definition) is 5. The SMILES string of the molecule is C1=CC(CNc2ncnc3cc(-c4ccccc4)ccc23)CN=C1c1cccnc1. The van der Waals surface area contributed by atoms with Crippen molar-refractivity contribution < 1.29 is 0 Å². The van der Waals surface area contributed by atoms with Gasteiger partial charge in [0.05, 0.1) is 11.2 Å². The zero-order chi connectivity index (χ0) is 20.2. The molecule has 1 aliphatic rings. The fourth-order valence-corrected chi connectivity index (χ4v) is 3.63. The minimum absolute atomic E-state index is 0.319. The predicted octanol–water partition coefficient (Wildman–Crippen LogP) is 4.78. The van der Waals surface area contributed by atoms with Crippen LogP contribution in [0.3, 0.4) is 0 Å². The third-order valence-electron chi connectivity index (χ3n) is 5.26. The summed E-state index contributed by atoms with van der Waals surface area (Å²) in [7, 11) is 0. The lowest BCUT2D eigenvalue weighted by atomic mass is 10.0. The highest BCUT2D eigenvalue weighted by Gasteiger charge is 2.13. The number of pyridine rings is 1. The lowest BCUT2D eigenvalue weighted by Gasteiger charge is -2.17. The van der Waals surface area contributed by atoms with Crippen molar-refractivity contribution in [1.29, 1.82) is 0 Å². The highest BCUT2D eigenvalue weighted by molar-refractivity contribution is 6.08. The Hall–Kier alpha value is -3.86. The van der Waals surface area contributed by atoms with E-state index >= 15 is 0 Å². The molecule has 2 aromatic heterocycles. The summed E-state index contributed by atoms with van der Waals surface area (Å²) in [5, 5.41) is 4.51. The average Bonchev–Trinajstić information content (AvgIpc) is 2.84. The van der Waals surface area contributed by atoms with Crippen LogP contribution in [0.1, 0.15) is 5.56 Å². The number of anilines is 1. The van der Waals surface area contributed by atoms with Crippen LogP contribution in [0.15, 0.2) is 96.5 Å². The maximum absolute atomic E-state index is 4.72. The molecule has 0 spiro atoms. The highest BCUT2D eigenvalue weighted by atomic mass is 15.0. The van der Waals surface area contributed by atoms with Crippen LogP contribution in [0.4, 0.5) is 5.82 Å². The van der Waals surface area contributed by atoms with Crippen molar-refractivity contribution in [1.82, 2.24) is 15.0 Å². The number of aliphatic imine (C=N–C) groups is 1. The Morgan fingerprint density at radius 3 is 2.60 bits per heavy atom. The number of rotatable bonds is 5. The van der Waals surface area contributed by atoms with E-state index in [1.165, 1.54) is 5.56 Å². The molecule has 146 valence electrons. The standard InChI is InChI=1S/C25H21N5/c1-2-5-19(6-3-1)20-9-10-22-24(13-20)29-17-30-25(22)28-15-18-8-11-23(27-14-18)21-7-4-12-26-16-21/h1-13,16-18H,14-15H2,(H,28,29,30). The maximum atomic E-state index is 4.72. The predicted molar refractivity (Wildman–Crippen MR) is 122 cm³/mol. The molecule has 30 heavy (non-hydrogen) atoms. The molecule has 5 heteroatoms. The van der Waals surface area contributed by atoms with E-state index in [-0.39, 0.29) is 0 Å². The van der Waals surface area contributed by atoms with Crippen molar-refractivity contribution in [2.24, 2.45) is 10.9 Å². The van der Waals surface area contributed by atoms with Gasteiger partial charge in [0.25, 0.3) is 0 Å². The second kappa shape index (κ2) is 8.25. The van der Waals surface area contributed by atoms with Crippen molar-refractivity contribution in [3.05, 3.63) is 97.1 Å². The maximum Gasteiger partial charge on any atom is 0.137 e. The first kappa shape index (κ1) is 18.2. The van der Waals surface area contributed by atoms with Crippen molar-refractivity contribution in [3.8, 4) is 11.1 Å². The Balaban J connectivity index is 1.29. The van der Waals surface area contributed by atoms with Gasteiger partial charge >= 0.3 is 0 Å². The van der Waals surface area contributed by atoms with Crippen LogP contribution in [-0.2, 0) is 0 Å². The first-order chi connectivity index (χ1) is 14.9. The fraction of sp³-hybridized carbons (Fsp3) is 0.120. The van der Waals surface area contributed by atoms with Gasteiger partial charge in [0.15, 0.2) is 0 Å². The van der Waals surface area contributed by atoms with Crippen molar-refractivity contribution in [3.63, 3.8) is 0 Å². The van der Waals surface area contributed by atoms with Crippen LogP contribution in [0.5, 0.6) is 0 Å². The monoisotopic (exact) mass is 391 g/mol. The molecule has 0 saturated carbocycles. The molecule has 1 atom stereocenters. The molecule has 0 saturated heterocycles. The molecule has 1 unspecified atom stereocenters. The quantitative estimate of drug-likeness (QED) is 0.532. The van der Waals surface area contributed by atoms with E-state index in [0.29, 0.717) is 5.92 Å². The number of allylic oxidation sites excluding steroid dienone is 1. The molecule has 0 bridgehead atoms. The van der Waals surface area contributed by atoms with Gasteiger partial charge in [-0.2, -0.15) is 0 Å². The lowest BCUT2D eigenvalue weighted by Crippen LogP contribution is -2.20.